The van der Waals surface area contributed by atoms with Gasteiger partial charge in [0.25, 0.3) is 11.7 Å². The van der Waals surface area contributed by atoms with Crippen molar-refractivity contribution in [3.63, 3.8) is 0 Å². The van der Waals surface area contributed by atoms with E-state index >= 15 is 0 Å². The zero-order chi connectivity index (χ0) is 23.1. The lowest BCUT2D eigenvalue weighted by atomic mass is 9.93. The predicted molar refractivity (Wildman–Crippen MR) is 125 cm³/mol. The summed E-state index contributed by atoms with van der Waals surface area (Å²) in [6, 6.07) is 17.2. The number of halogens is 1. The Kier molecular flexibility index (Phi) is 5.30. The van der Waals surface area contributed by atoms with Crippen LogP contribution in [-0.4, -0.2) is 28.5 Å². The maximum absolute atomic E-state index is 13.2. The van der Waals surface area contributed by atoms with Gasteiger partial charge in [-0.25, -0.2) is 0 Å². The molecule has 33 heavy (non-hydrogen) atoms. The van der Waals surface area contributed by atoms with Gasteiger partial charge < -0.3 is 14.9 Å². The van der Waals surface area contributed by atoms with Gasteiger partial charge >= 0.3 is 0 Å². The zero-order valence-electron chi connectivity index (χ0n) is 17.5. The van der Waals surface area contributed by atoms with E-state index in [4.69, 9.17) is 16.3 Å². The molecule has 3 aromatic rings. The van der Waals surface area contributed by atoms with E-state index in [0.717, 1.165) is 24.2 Å². The Morgan fingerprint density at radius 3 is 2.64 bits per heavy atom. The Labute approximate surface area is 195 Å². The van der Waals surface area contributed by atoms with E-state index in [1.54, 1.807) is 54.6 Å². The Morgan fingerprint density at radius 2 is 1.85 bits per heavy atom. The van der Waals surface area contributed by atoms with Gasteiger partial charge in [-0.1, -0.05) is 29.8 Å². The van der Waals surface area contributed by atoms with Crippen LogP contribution >= 0.6 is 11.6 Å². The van der Waals surface area contributed by atoms with Gasteiger partial charge in [0.2, 0.25) is 0 Å². The van der Waals surface area contributed by atoms with Gasteiger partial charge in [-0.05, 0) is 72.5 Å². The monoisotopic (exact) mass is 461 g/mol. The summed E-state index contributed by atoms with van der Waals surface area (Å²) in [5.41, 5.74) is 2.20. The third-order valence-corrected chi connectivity index (χ3v) is 6.13. The van der Waals surface area contributed by atoms with Gasteiger partial charge in [0.1, 0.15) is 17.3 Å². The van der Waals surface area contributed by atoms with Crippen molar-refractivity contribution in [1.82, 2.24) is 0 Å². The number of phenols is 1. The second kappa shape index (κ2) is 8.30. The molecule has 166 valence electrons. The summed E-state index contributed by atoms with van der Waals surface area (Å²) in [5, 5.41) is 21.8. The minimum atomic E-state index is -0.942. The average molecular weight is 462 g/mol. The number of ketones is 1. The summed E-state index contributed by atoms with van der Waals surface area (Å²) in [6.07, 6.45) is 1.66. The smallest absolute Gasteiger partial charge is 0.300 e. The molecule has 0 spiro atoms. The molecule has 2 aliphatic rings. The third kappa shape index (κ3) is 3.72. The number of fused-ring (bicyclic) bond motifs is 1. The molecule has 1 saturated heterocycles. The van der Waals surface area contributed by atoms with Crippen molar-refractivity contribution in [3.8, 4) is 11.5 Å². The van der Waals surface area contributed by atoms with Crippen LogP contribution in [0.3, 0.4) is 0 Å². The Balaban J connectivity index is 1.71. The Morgan fingerprint density at radius 1 is 1.03 bits per heavy atom. The highest BCUT2D eigenvalue weighted by molar-refractivity contribution is 6.51. The highest BCUT2D eigenvalue weighted by Crippen LogP contribution is 2.43. The number of carbonyl (C=O) groups is 2. The molecular formula is C26H20ClNO5. The molecule has 2 aliphatic heterocycles. The van der Waals surface area contributed by atoms with Crippen molar-refractivity contribution in [1.29, 1.82) is 0 Å². The van der Waals surface area contributed by atoms with Gasteiger partial charge in [0.05, 0.1) is 18.2 Å². The number of ether oxygens (including phenoxy) is 1. The van der Waals surface area contributed by atoms with E-state index in [0.29, 0.717) is 28.4 Å². The molecule has 2 N–H and O–H groups in total. The zero-order valence-corrected chi connectivity index (χ0v) is 18.2. The molecule has 2 heterocycles. The summed E-state index contributed by atoms with van der Waals surface area (Å²) >= 11 is 6.15. The maximum Gasteiger partial charge on any atom is 0.300 e. The molecule has 7 heteroatoms. The lowest BCUT2D eigenvalue weighted by molar-refractivity contribution is -0.132. The molecule has 1 fully saturated rings. The highest BCUT2D eigenvalue weighted by atomic mass is 35.5. The Hall–Kier alpha value is -3.77. The van der Waals surface area contributed by atoms with E-state index < -0.39 is 17.7 Å². The number of Topliss-reactive ketones (excluding diaryl/α,β-unsaturated/α-hetero) is 1. The molecule has 0 bridgehead atoms. The molecule has 0 aliphatic carbocycles. The second-order valence-electron chi connectivity index (χ2n) is 8.02. The first-order chi connectivity index (χ1) is 15.9. The van der Waals surface area contributed by atoms with Crippen LogP contribution in [0.15, 0.2) is 72.3 Å². The minimum Gasteiger partial charge on any atom is -0.508 e. The minimum absolute atomic E-state index is 0.0184. The number of phenolic OH excluding ortho intramolecular Hbond substituents is 1. The SMILES string of the molecule is O=C1C(=O)N(c2cccc(Cl)c2)C(c2cccc(O)c2)/C1=C(/O)c1ccc2c(c1)CCCO2. The van der Waals surface area contributed by atoms with Gasteiger partial charge in [0.15, 0.2) is 0 Å². The summed E-state index contributed by atoms with van der Waals surface area (Å²) in [4.78, 5) is 27.7. The second-order valence-corrected chi connectivity index (χ2v) is 8.45. The van der Waals surface area contributed by atoms with E-state index in [1.807, 2.05) is 0 Å². The molecule has 0 aromatic heterocycles. The van der Waals surface area contributed by atoms with Crippen molar-refractivity contribution in [2.45, 2.75) is 18.9 Å². The van der Waals surface area contributed by atoms with Crippen LogP contribution in [-0.2, 0) is 16.0 Å². The molecule has 1 atom stereocenters. The van der Waals surface area contributed by atoms with Crippen molar-refractivity contribution >= 4 is 34.7 Å². The number of benzene rings is 3. The first kappa shape index (κ1) is 21.1. The number of hydrogen-bond donors (Lipinski definition) is 2. The van der Waals surface area contributed by atoms with E-state index in [9.17, 15) is 19.8 Å². The number of aryl methyl sites for hydroxylation is 1. The normalized spacial score (nSPS) is 19.3. The third-order valence-electron chi connectivity index (χ3n) is 5.90. The van der Waals surface area contributed by atoms with Crippen LogP contribution in [0.1, 0.15) is 29.2 Å². The lowest BCUT2D eigenvalue weighted by Crippen LogP contribution is -2.29. The van der Waals surface area contributed by atoms with Crippen molar-refractivity contribution in [2.75, 3.05) is 11.5 Å². The number of anilines is 1. The van der Waals surface area contributed by atoms with Gasteiger partial charge in [-0.3, -0.25) is 14.5 Å². The van der Waals surface area contributed by atoms with Crippen LogP contribution in [0.2, 0.25) is 5.02 Å². The number of hydrogen-bond acceptors (Lipinski definition) is 5. The van der Waals surface area contributed by atoms with Crippen LogP contribution in [0.5, 0.6) is 11.5 Å². The quantitative estimate of drug-likeness (QED) is 0.326. The summed E-state index contributed by atoms with van der Waals surface area (Å²) in [7, 11) is 0. The topological polar surface area (TPSA) is 87.1 Å². The number of aromatic hydroxyl groups is 1. The summed E-state index contributed by atoms with van der Waals surface area (Å²) in [6.45, 7) is 0.639. The van der Waals surface area contributed by atoms with E-state index in [2.05, 4.69) is 0 Å². The molecule has 1 unspecified atom stereocenters. The number of rotatable bonds is 3. The van der Waals surface area contributed by atoms with E-state index in [-0.39, 0.29) is 17.1 Å². The van der Waals surface area contributed by atoms with Gasteiger partial charge in [-0.2, -0.15) is 0 Å². The molecule has 6 nitrogen and oxygen atoms in total. The number of aliphatic hydroxyl groups excluding tert-OH is 1. The summed E-state index contributed by atoms with van der Waals surface area (Å²) in [5.74, 6) is -1.14. The average Bonchev–Trinajstić information content (AvgIpc) is 3.09. The molecule has 0 radical (unpaired) electrons. The number of aliphatic hydroxyl groups is 1. The van der Waals surface area contributed by atoms with Crippen LogP contribution in [0.4, 0.5) is 5.69 Å². The molecular weight excluding hydrogens is 442 g/mol. The standard InChI is InChI=1S/C26H20ClNO5/c27-18-6-2-7-19(14-18)28-23(16-4-1-8-20(29)13-16)22(25(31)26(28)32)24(30)17-9-10-21-15(12-17)5-3-11-33-21/h1-2,4,6-10,12-14,23,29-30H,3,5,11H2/b24-22-. The number of nitrogens with zero attached hydrogens (tertiary/aromatic N) is 1. The number of carbonyl (C=O) groups excluding carboxylic acids is 2. The fourth-order valence-corrected chi connectivity index (χ4v) is 4.58. The molecule has 3 aromatic carbocycles. The fourth-order valence-electron chi connectivity index (χ4n) is 4.40. The maximum atomic E-state index is 13.2. The largest absolute Gasteiger partial charge is 0.508 e. The Bertz CT molecular complexity index is 1320. The highest BCUT2D eigenvalue weighted by Gasteiger charge is 2.47. The predicted octanol–water partition coefficient (Wildman–Crippen LogP) is 5.00. The van der Waals surface area contributed by atoms with E-state index in [1.165, 1.54) is 17.0 Å². The van der Waals surface area contributed by atoms with Crippen molar-refractivity contribution < 1.29 is 24.5 Å². The lowest BCUT2D eigenvalue weighted by Gasteiger charge is -2.26. The van der Waals surface area contributed by atoms with Crippen LogP contribution in [0.25, 0.3) is 5.76 Å². The molecule has 5 rings (SSSR count). The number of amides is 1. The fraction of sp³-hybridized carbons (Fsp3) is 0.154. The van der Waals surface area contributed by atoms with Crippen molar-refractivity contribution in [2.24, 2.45) is 0 Å². The molecule has 0 saturated carbocycles. The van der Waals surface area contributed by atoms with Crippen LogP contribution < -0.4 is 9.64 Å². The van der Waals surface area contributed by atoms with Crippen LogP contribution in [0, 0.1) is 0 Å². The van der Waals surface area contributed by atoms with Crippen molar-refractivity contribution in [3.05, 3.63) is 94.0 Å². The molecule has 1 amide bonds. The van der Waals surface area contributed by atoms with Gasteiger partial charge in [0, 0.05) is 16.3 Å². The van der Waals surface area contributed by atoms with Gasteiger partial charge in [-0.15, -0.1) is 0 Å². The first-order valence-corrected chi connectivity index (χ1v) is 10.9. The first-order valence-electron chi connectivity index (χ1n) is 10.6. The summed E-state index contributed by atoms with van der Waals surface area (Å²) < 4.78 is 5.64.